The number of nitrogens with two attached hydrogens (primary N) is 1. The van der Waals surface area contributed by atoms with Crippen LogP contribution in [0, 0.1) is 5.92 Å². The van der Waals surface area contributed by atoms with E-state index < -0.39 is 12.1 Å². The van der Waals surface area contributed by atoms with E-state index in [1.165, 1.54) is 11.3 Å². The Labute approximate surface area is 108 Å². The molecule has 1 saturated heterocycles. The minimum Gasteiger partial charge on any atom is -0.375 e. The number of nitrogen functional groups attached to an aromatic ring is 1. The molecule has 102 valence electrons. The van der Waals surface area contributed by atoms with E-state index in [0.717, 1.165) is 12.2 Å². The molecule has 1 aromatic rings. The van der Waals surface area contributed by atoms with Crippen LogP contribution in [0.5, 0.6) is 0 Å². The third-order valence-electron chi connectivity index (χ3n) is 3.22. The van der Waals surface area contributed by atoms with E-state index in [1.807, 2.05) is 10.3 Å². The molecule has 7 heteroatoms. The number of halogens is 3. The van der Waals surface area contributed by atoms with Gasteiger partial charge in [-0.15, -0.1) is 11.3 Å². The van der Waals surface area contributed by atoms with Gasteiger partial charge < -0.3 is 10.6 Å². The van der Waals surface area contributed by atoms with Crippen LogP contribution in [0.2, 0.25) is 0 Å². The number of anilines is 1. The van der Waals surface area contributed by atoms with E-state index in [1.54, 1.807) is 0 Å². The molecule has 0 amide bonds. The van der Waals surface area contributed by atoms with Crippen molar-refractivity contribution in [3.63, 3.8) is 0 Å². The van der Waals surface area contributed by atoms with Crippen LogP contribution >= 0.6 is 11.3 Å². The van der Waals surface area contributed by atoms with Crippen molar-refractivity contribution in [3.8, 4) is 0 Å². The van der Waals surface area contributed by atoms with Crippen LogP contribution < -0.4 is 5.73 Å². The lowest BCUT2D eigenvalue weighted by atomic mass is 9.97. The number of rotatable bonds is 3. The quantitative estimate of drug-likeness (QED) is 0.924. The van der Waals surface area contributed by atoms with Gasteiger partial charge in [0.25, 0.3) is 0 Å². The third-order valence-corrected chi connectivity index (χ3v) is 3.94. The molecule has 0 spiro atoms. The highest BCUT2D eigenvalue weighted by Crippen LogP contribution is 2.33. The van der Waals surface area contributed by atoms with Gasteiger partial charge in [-0.05, 0) is 19.4 Å². The lowest BCUT2D eigenvalue weighted by Gasteiger charge is -2.33. The van der Waals surface area contributed by atoms with Gasteiger partial charge in [0.1, 0.15) is 0 Å². The fourth-order valence-corrected chi connectivity index (χ4v) is 2.83. The van der Waals surface area contributed by atoms with Gasteiger partial charge in [-0.2, -0.15) is 13.2 Å². The topological polar surface area (TPSA) is 42.1 Å². The zero-order valence-corrected chi connectivity index (χ0v) is 10.7. The second kappa shape index (κ2) is 5.44. The lowest BCUT2D eigenvalue weighted by Crippen LogP contribution is -2.42. The number of likely N-dealkylation sites (tertiary alicyclic amines) is 1. The molecular weight excluding hydrogens is 263 g/mol. The minimum absolute atomic E-state index is 0.114. The number of alkyl halides is 3. The van der Waals surface area contributed by atoms with Crippen molar-refractivity contribution in [2.45, 2.75) is 25.4 Å². The van der Waals surface area contributed by atoms with Crippen molar-refractivity contribution < 1.29 is 13.2 Å². The molecule has 2 heterocycles. The second-order valence-electron chi connectivity index (χ2n) is 4.61. The number of hydrogen-bond acceptors (Lipinski definition) is 4. The summed E-state index contributed by atoms with van der Waals surface area (Å²) < 4.78 is 37.9. The van der Waals surface area contributed by atoms with Crippen LogP contribution in [-0.2, 0) is 6.42 Å². The van der Waals surface area contributed by atoms with Crippen molar-refractivity contribution in [3.05, 3.63) is 11.1 Å². The largest absolute Gasteiger partial charge is 0.393 e. The Hall–Kier alpha value is -0.820. The first-order valence-corrected chi connectivity index (χ1v) is 6.82. The Kier molecular flexibility index (Phi) is 4.11. The summed E-state index contributed by atoms with van der Waals surface area (Å²) in [6.45, 7) is 1.48. The Morgan fingerprint density at radius 3 is 2.89 bits per heavy atom. The molecule has 1 unspecified atom stereocenters. The van der Waals surface area contributed by atoms with Crippen molar-refractivity contribution >= 4 is 16.5 Å². The first-order chi connectivity index (χ1) is 8.45. The number of aromatic nitrogens is 1. The molecule has 1 fully saturated rings. The Morgan fingerprint density at radius 2 is 2.28 bits per heavy atom. The summed E-state index contributed by atoms with van der Waals surface area (Å²) in [7, 11) is 0. The predicted octanol–water partition coefficient (Wildman–Crippen LogP) is 2.54. The molecule has 1 aromatic heterocycles. The van der Waals surface area contributed by atoms with Crippen molar-refractivity contribution in [2.75, 3.05) is 25.4 Å². The summed E-state index contributed by atoms with van der Waals surface area (Å²) in [6.07, 6.45) is -2.53. The van der Waals surface area contributed by atoms with Gasteiger partial charge in [-0.25, -0.2) is 4.98 Å². The molecule has 2 N–H and O–H groups in total. The van der Waals surface area contributed by atoms with E-state index in [0.29, 0.717) is 24.5 Å². The number of thiazole rings is 1. The van der Waals surface area contributed by atoms with Crippen LogP contribution in [0.3, 0.4) is 0 Å². The van der Waals surface area contributed by atoms with Crippen LogP contribution in [0.4, 0.5) is 18.3 Å². The van der Waals surface area contributed by atoms with Gasteiger partial charge in [0.2, 0.25) is 0 Å². The zero-order valence-electron chi connectivity index (χ0n) is 9.91. The van der Waals surface area contributed by atoms with E-state index in [2.05, 4.69) is 4.98 Å². The van der Waals surface area contributed by atoms with Crippen LogP contribution in [0.25, 0.3) is 0 Å². The van der Waals surface area contributed by atoms with E-state index in [9.17, 15) is 13.2 Å². The van der Waals surface area contributed by atoms with Gasteiger partial charge >= 0.3 is 6.18 Å². The second-order valence-corrected chi connectivity index (χ2v) is 5.50. The Balaban J connectivity index is 1.83. The highest BCUT2D eigenvalue weighted by Gasteiger charge is 2.41. The fraction of sp³-hybridized carbons (Fsp3) is 0.727. The number of hydrogen-bond donors (Lipinski definition) is 1. The molecule has 18 heavy (non-hydrogen) atoms. The maximum Gasteiger partial charge on any atom is 0.393 e. The van der Waals surface area contributed by atoms with E-state index in [-0.39, 0.29) is 13.0 Å². The summed E-state index contributed by atoms with van der Waals surface area (Å²) in [5.41, 5.74) is 6.38. The first kappa shape index (κ1) is 13.6. The summed E-state index contributed by atoms with van der Waals surface area (Å²) in [5.74, 6) is -1.17. The summed E-state index contributed by atoms with van der Waals surface area (Å²) in [4.78, 5) is 5.98. The average molecular weight is 279 g/mol. The predicted molar refractivity (Wildman–Crippen MR) is 65.4 cm³/mol. The molecule has 3 nitrogen and oxygen atoms in total. The number of piperidine rings is 1. The van der Waals surface area contributed by atoms with Crippen LogP contribution in [-0.4, -0.2) is 35.7 Å². The maximum atomic E-state index is 12.6. The van der Waals surface area contributed by atoms with Gasteiger partial charge in [0.05, 0.1) is 11.6 Å². The highest BCUT2D eigenvalue weighted by atomic mass is 32.1. The molecule has 1 aliphatic heterocycles. The molecule has 2 rings (SSSR count). The Bertz CT molecular complexity index is 391. The molecule has 0 saturated carbocycles. The van der Waals surface area contributed by atoms with Gasteiger partial charge in [-0.3, -0.25) is 0 Å². The summed E-state index contributed by atoms with van der Waals surface area (Å²) in [5, 5.41) is 2.37. The SMILES string of the molecule is Nc1nc(CCN2CCCC(C(F)(F)F)C2)cs1. The standard InChI is InChI=1S/C11H16F3N3S/c12-11(13,14)8-2-1-4-17(6-8)5-3-9-7-18-10(15)16-9/h7-8H,1-6H2,(H2,15,16). The summed E-state index contributed by atoms with van der Waals surface area (Å²) >= 11 is 1.36. The molecule has 0 aliphatic carbocycles. The molecular formula is C11H16F3N3S. The monoisotopic (exact) mass is 279 g/mol. The van der Waals surface area contributed by atoms with Crippen LogP contribution in [0.1, 0.15) is 18.5 Å². The first-order valence-electron chi connectivity index (χ1n) is 5.94. The third kappa shape index (κ3) is 3.58. The van der Waals surface area contributed by atoms with E-state index in [4.69, 9.17) is 5.73 Å². The van der Waals surface area contributed by atoms with Gasteiger partial charge in [0.15, 0.2) is 5.13 Å². The molecule has 0 aromatic carbocycles. The van der Waals surface area contributed by atoms with E-state index >= 15 is 0 Å². The zero-order chi connectivity index (χ0) is 13.2. The number of nitrogens with zero attached hydrogens (tertiary/aromatic N) is 2. The normalized spacial score (nSPS) is 22.3. The Morgan fingerprint density at radius 1 is 1.50 bits per heavy atom. The molecule has 1 atom stereocenters. The van der Waals surface area contributed by atoms with Crippen molar-refractivity contribution in [2.24, 2.45) is 5.92 Å². The molecule has 0 bridgehead atoms. The fourth-order valence-electron chi connectivity index (χ4n) is 2.24. The lowest BCUT2D eigenvalue weighted by molar-refractivity contribution is -0.186. The minimum atomic E-state index is -4.07. The van der Waals surface area contributed by atoms with Gasteiger partial charge in [0, 0.05) is 24.9 Å². The highest BCUT2D eigenvalue weighted by molar-refractivity contribution is 7.13. The van der Waals surface area contributed by atoms with Crippen molar-refractivity contribution in [1.29, 1.82) is 0 Å². The molecule has 0 radical (unpaired) electrons. The van der Waals surface area contributed by atoms with Gasteiger partial charge in [-0.1, -0.05) is 0 Å². The smallest absolute Gasteiger partial charge is 0.375 e. The summed E-state index contributed by atoms with van der Waals surface area (Å²) in [6, 6.07) is 0. The maximum absolute atomic E-state index is 12.6. The van der Waals surface area contributed by atoms with Crippen LogP contribution in [0.15, 0.2) is 5.38 Å². The average Bonchev–Trinajstić information content (AvgIpc) is 2.72. The molecule has 1 aliphatic rings. The van der Waals surface area contributed by atoms with Crippen molar-refractivity contribution in [1.82, 2.24) is 9.88 Å².